The Morgan fingerprint density at radius 1 is 1.30 bits per heavy atom. The lowest BCUT2D eigenvalue weighted by Crippen LogP contribution is -2.34. The molecule has 3 unspecified atom stereocenters. The Labute approximate surface area is 125 Å². The van der Waals surface area contributed by atoms with Crippen molar-refractivity contribution in [3.8, 4) is 0 Å². The summed E-state index contributed by atoms with van der Waals surface area (Å²) in [4.78, 5) is 0. The third kappa shape index (κ3) is 2.87. The van der Waals surface area contributed by atoms with Gasteiger partial charge in [-0.15, -0.1) is 0 Å². The molecule has 0 amide bonds. The first-order valence-electron chi connectivity index (χ1n) is 7.88. The van der Waals surface area contributed by atoms with Gasteiger partial charge in [0.15, 0.2) is 0 Å². The lowest BCUT2D eigenvalue weighted by atomic mass is 9.99. The molecule has 0 saturated heterocycles. The lowest BCUT2D eigenvalue weighted by molar-refractivity contribution is 0.430. The molecular formula is C17H23ClFN. The highest BCUT2D eigenvalue weighted by Gasteiger charge is 2.53. The van der Waals surface area contributed by atoms with Crippen LogP contribution in [0.5, 0.6) is 0 Å². The van der Waals surface area contributed by atoms with Gasteiger partial charge in [0.05, 0.1) is 0 Å². The molecule has 1 N–H and O–H groups in total. The maximum absolute atomic E-state index is 13.9. The highest BCUT2D eigenvalue weighted by atomic mass is 35.5. The van der Waals surface area contributed by atoms with Crippen LogP contribution in [-0.2, 0) is 6.42 Å². The average molecular weight is 296 g/mol. The summed E-state index contributed by atoms with van der Waals surface area (Å²) in [5.74, 6) is 2.39. The summed E-state index contributed by atoms with van der Waals surface area (Å²) in [7, 11) is 0. The van der Waals surface area contributed by atoms with E-state index in [0.717, 1.165) is 36.3 Å². The van der Waals surface area contributed by atoms with Crippen LogP contribution in [0.2, 0.25) is 5.02 Å². The predicted molar refractivity (Wildman–Crippen MR) is 81.5 cm³/mol. The van der Waals surface area contributed by atoms with E-state index in [2.05, 4.69) is 12.2 Å². The van der Waals surface area contributed by atoms with Crippen molar-refractivity contribution in [3.05, 3.63) is 34.6 Å². The highest BCUT2D eigenvalue weighted by molar-refractivity contribution is 6.30. The van der Waals surface area contributed by atoms with E-state index in [1.54, 1.807) is 12.1 Å². The number of halogens is 2. The molecule has 3 rings (SSSR count). The Balaban J connectivity index is 1.73. The molecule has 1 aromatic carbocycles. The largest absolute Gasteiger partial charge is 0.314 e. The first-order valence-corrected chi connectivity index (χ1v) is 8.25. The molecule has 2 aliphatic rings. The van der Waals surface area contributed by atoms with E-state index in [4.69, 9.17) is 11.6 Å². The molecular weight excluding hydrogens is 273 g/mol. The first-order chi connectivity index (χ1) is 9.70. The number of hydrogen-bond donors (Lipinski definition) is 1. The molecule has 110 valence electrons. The van der Waals surface area contributed by atoms with Crippen LogP contribution in [0.1, 0.15) is 38.2 Å². The molecule has 20 heavy (non-hydrogen) atoms. The zero-order chi connectivity index (χ0) is 14.1. The van der Waals surface area contributed by atoms with Gasteiger partial charge in [0.25, 0.3) is 0 Å². The smallest absolute Gasteiger partial charge is 0.126 e. The number of rotatable bonds is 5. The third-order valence-electron chi connectivity index (χ3n) is 5.10. The minimum Gasteiger partial charge on any atom is -0.314 e. The number of likely N-dealkylation sites (N-methyl/N-ethyl adjacent to an activating group) is 1. The molecule has 2 saturated carbocycles. The van der Waals surface area contributed by atoms with E-state index in [-0.39, 0.29) is 5.82 Å². The van der Waals surface area contributed by atoms with Gasteiger partial charge in [-0.05, 0) is 67.3 Å². The van der Waals surface area contributed by atoms with Gasteiger partial charge in [-0.25, -0.2) is 4.39 Å². The first kappa shape index (κ1) is 14.3. The molecule has 2 aliphatic carbocycles. The van der Waals surface area contributed by atoms with E-state index in [9.17, 15) is 4.39 Å². The van der Waals surface area contributed by atoms with E-state index in [0.29, 0.717) is 11.1 Å². The molecule has 1 nitrogen and oxygen atoms in total. The number of fused-ring (bicyclic) bond motifs is 1. The standard InChI is InChI=1S/C17H23ClFN/c1-2-20-16(17-13-5-3-4-6-14(13)17)10-11-9-12(18)7-8-15(11)19/h7-9,13-14,16-17,20H,2-6,10H2,1H3. The summed E-state index contributed by atoms with van der Waals surface area (Å²) in [6.45, 7) is 3.08. The molecule has 0 spiro atoms. The SMILES string of the molecule is CCNC(Cc1cc(Cl)ccc1F)C1C2CCCCC21. The van der Waals surface area contributed by atoms with Crippen molar-refractivity contribution in [1.29, 1.82) is 0 Å². The maximum Gasteiger partial charge on any atom is 0.126 e. The normalized spacial score (nSPS) is 29.9. The molecule has 0 heterocycles. The van der Waals surface area contributed by atoms with Crippen LogP contribution in [0.15, 0.2) is 18.2 Å². The van der Waals surface area contributed by atoms with Crippen molar-refractivity contribution in [2.24, 2.45) is 17.8 Å². The molecule has 1 aromatic rings. The Kier molecular flexibility index (Phi) is 4.32. The molecule has 0 aromatic heterocycles. The minimum atomic E-state index is -0.124. The van der Waals surface area contributed by atoms with Crippen molar-refractivity contribution < 1.29 is 4.39 Å². The van der Waals surface area contributed by atoms with Crippen LogP contribution in [-0.4, -0.2) is 12.6 Å². The third-order valence-corrected chi connectivity index (χ3v) is 5.34. The van der Waals surface area contributed by atoms with Crippen LogP contribution in [0.3, 0.4) is 0 Å². The van der Waals surface area contributed by atoms with Crippen LogP contribution in [0.4, 0.5) is 4.39 Å². The van der Waals surface area contributed by atoms with Crippen LogP contribution < -0.4 is 5.32 Å². The Bertz CT molecular complexity index is 464. The van der Waals surface area contributed by atoms with Crippen molar-refractivity contribution in [3.63, 3.8) is 0 Å². The fraction of sp³-hybridized carbons (Fsp3) is 0.647. The molecule has 3 atom stereocenters. The van der Waals surface area contributed by atoms with Crippen LogP contribution in [0.25, 0.3) is 0 Å². The molecule has 3 heteroatoms. The van der Waals surface area contributed by atoms with Crippen molar-refractivity contribution in [1.82, 2.24) is 5.32 Å². The number of nitrogens with one attached hydrogen (secondary N) is 1. The fourth-order valence-electron chi connectivity index (χ4n) is 4.19. The topological polar surface area (TPSA) is 12.0 Å². The fourth-order valence-corrected chi connectivity index (χ4v) is 4.38. The van der Waals surface area contributed by atoms with Gasteiger partial charge < -0.3 is 5.32 Å². The summed E-state index contributed by atoms with van der Waals surface area (Å²) in [5.41, 5.74) is 0.757. The second-order valence-electron chi connectivity index (χ2n) is 6.29. The molecule has 0 radical (unpaired) electrons. The van der Waals surface area contributed by atoms with Crippen LogP contribution in [0, 0.1) is 23.6 Å². The summed E-state index contributed by atoms with van der Waals surface area (Å²) >= 11 is 6.01. The van der Waals surface area contributed by atoms with E-state index >= 15 is 0 Å². The van der Waals surface area contributed by atoms with E-state index in [1.165, 1.54) is 31.7 Å². The van der Waals surface area contributed by atoms with Gasteiger partial charge in [0.1, 0.15) is 5.82 Å². The van der Waals surface area contributed by atoms with Gasteiger partial charge in [-0.3, -0.25) is 0 Å². The van der Waals surface area contributed by atoms with Crippen LogP contribution >= 0.6 is 11.6 Å². The monoisotopic (exact) mass is 295 g/mol. The summed E-state index contributed by atoms with van der Waals surface area (Å²) in [5, 5.41) is 4.22. The van der Waals surface area contributed by atoms with Gasteiger partial charge in [-0.2, -0.15) is 0 Å². The van der Waals surface area contributed by atoms with Gasteiger partial charge in [0, 0.05) is 11.1 Å². The maximum atomic E-state index is 13.9. The van der Waals surface area contributed by atoms with Crippen molar-refractivity contribution >= 4 is 11.6 Å². The van der Waals surface area contributed by atoms with Crippen molar-refractivity contribution in [2.45, 2.75) is 45.1 Å². The quantitative estimate of drug-likeness (QED) is 0.847. The van der Waals surface area contributed by atoms with Crippen molar-refractivity contribution in [2.75, 3.05) is 6.54 Å². The van der Waals surface area contributed by atoms with E-state index < -0.39 is 0 Å². The highest BCUT2D eigenvalue weighted by Crippen LogP contribution is 2.57. The Morgan fingerprint density at radius 3 is 2.65 bits per heavy atom. The van der Waals surface area contributed by atoms with Gasteiger partial charge >= 0.3 is 0 Å². The average Bonchev–Trinajstić information content (AvgIpc) is 3.16. The molecule has 0 bridgehead atoms. The van der Waals surface area contributed by atoms with E-state index in [1.807, 2.05) is 0 Å². The molecule has 0 aliphatic heterocycles. The minimum absolute atomic E-state index is 0.124. The summed E-state index contributed by atoms with van der Waals surface area (Å²) in [6.07, 6.45) is 6.26. The second kappa shape index (κ2) is 6.03. The zero-order valence-electron chi connectivity index (χ0n) is 12.0. The number of hydrogen-bond acceptors (Lipinski definition) is 1. The summed E-state index contributed by atoms with van der Waals surface area (Å²) < 4.78 is 13.9. The zero-order valence-corrected chi connectivity index (χ0v) is 12.8. The Morgan fingerprint density at radius 2 is 2.00 bits per heavy atom. The lowest BCUT2D eigenvalue weighted by Gasteiger charge is -2.19. The van der Waals surface area contributed by atoms with Gasteiger partial charge in [-0.1, -0.05) is 31.4 Å². The predicted octanol–water partition coefficient (Wildman–Crippen LogP) is 4.44. The summed E-state index contributed by atoms with van der Waals surface area (Å²) in [6, 6.07) is 5.30. The second-order valence-corrected chi connectivity index (χ2v) is 6.73. The van der Waals surface area contributed by atoms with Gasteiger partial charge in [0.2, 0.25) is 0 Å². The molecule has 2 fully saturated rings. The number of benzene rings is 1. The Hall–Kier alpha value is -0.600.